The third-order valence-corrected chi connectivity index (χ3v) is 4.62. The van der Waals surface area contributed by atoms with Gasteiger partial charge >= 0.3 is 0 Å². The minimum Gasteiger partial charge on any atom is -0.354 e. The Morgan fingerprint density at radius 3 is 2.23 bits per heavy atom. The molecule has 0 saturated carbocycles. The number of likely N-dealkylation sites (N-methyl/N-ethyl adjacent to an activating group) is 1. The van der Waals surface area contributed by atoms with E-state index >= 15 is 0 Å². The smallest absolute Gasteiger partial charge is 0.244 e. The Hall–Kier alpha value is -0.560. The summed E-state index contributed by atoms with van der Waals surface area (Å²) in [5, 5.41) is 3.02. The van der Waals surface area contributed by atoms with Crippen molar-refractivity contribution in [2.75, 3.05) is 46.3 Å². The fraction of sp³-hybridized carbons (Fsp3) is 0.611. The van der Waals surface area contributed by atoms with Gasteiger partial charge in [0, 0.05) is 39.3 Å². The van der Waals surface area contributed by atoms with E-state index in [0.29, 0.717) is 12.5 Å². The maximum atomic E-state index is 12.4. The number of carbonyl (C=O) groups is 1. The number of piperazine rings is 1. The van der Waals surface area contributed by atoms with Gasteiger partial charge in [0.15, 0.2) is 0 Å². The van der Waals surface area contributed by atoms with Crippen LogP contribution in [0, 0.1) is 5.92 Å². The van der Waals surface area contributed by atoms with Gasteiger partial charge in [-0.3, -0.25) is 4.79 Å². The van der Waals surface area contributed by atoms with Crippen molar-refractivity contribution in [3.63, 3.8) is 0 Å². The molecule has 5 nitrogen and oxygen atoms in total. The molecule has 0 radical (unpaired) electrons. The van der Waals surface area contributed by atoms with E-state index in [1.807, 2.05) is 30.3 Å². The molecule has 152 valence electrons. The molecule has 0 aliphatic carbocycles. The van der Waals surface area contributed by atoms with Gasteiger partial charge in [-0.2, -0.15) is 0 Å². The maximum absolute atomic E-state index is 12.4. The molecule has 1 heterocycles. The monoisotopic (exact) mass is 426 g/mol. The van der Waals surface area contributed by atoms with Crippen molar-refractivity contribution >= 4 is 43.1 Å². The van der Waals surface area contributed by atoms with Crippen LogP contribution >= 0.6 is 37.2 Å². The number of nitrogens with two attached hydrogens (primary N) is 1. The predicted octanol–water partition coefficient (Wildman–Crippen LogP) is 2.13. The lowest BCUT2D eigenvalue weighted by Gasteiger charge is -2.34. The highest BCUT2D eigenvalue weighted by Crippen LogP contribution is 2.17. The average Bonchev–Trinajstić information content (AvgIpc) is 2.55. The second-order valence-corrected chi connectivity index (χ2v) is 6.99. The molecular formula is C18H33Cl3N4O. The molecule has 1 aliphatic heterocycles. The first-order chi connectivity index (χ1) is 10.9. The van der Waals surface area contributed by atoms with Gasteiger partial charge in [0.25, 0.3) is 0 Å². The highest BCUT2D eigenvalue weighted by Gasteiger charge is 2.30. The molecule has 2 rings (SSSR count). The normalized spacial score (nSPS) is 18.3. The minimum atomic E-state index is -0.991. The van der Waals surface area contributed by atoms with Crippen LogP contribution in [0.1, 0.15) is 19.4 Å². The van der Waals surface area contributed by atoms with E-state index in [2.05, 4.69) is 29.1 Å². The lowest BCUT2D eigenvalue weighted by molar-refractivity contribution is -0.126. The molecule has 1 aromatic carbocycles. The van der Waals surface area contributed by atoms with Gasteiger partial charge in [0.05, 0.1) is 0 Å². The Morgan fingerprint density at radius 2 is 1.69 bits per heavy atom. The van der Waals surface area contributed by atoms with Crippen LogP contribution in [0.4, 0.5) is 0 Å². The fourth-order valence-electron chi connectivity index (χ4n) is 2.90. The lowest BCUT2D eigenvalue weighted by atomic mass is 9.92. The van der Waals surface area contributed by atoms with Gasteiger partial charge in [-0.25, -0.2) is 0 Å². The zero-order valence-corrected chi connectivity index (χ0v) is 18.3. The summed E-state index contributed by atoms with van der Waals surface area (Å²) in [7, 11) is 2.16. The van der Waals surface area contributed by atoms with E-state index in [4.69, 9.17) is 5.73 Å². The summed E-state index contributed by atoms with van der Waals surface area (Å²) in [4.78, 5) is 17.3. The summed E-state index contributed by atoms with van der Waals surface area (Å²) in [6.07, 6.45) is 0. The van der Waals surface area contributed by atoms with Crippen molar-refractivity contribution in [2.45, 2.75) is 19.4 Å². The van der Waals surface area contributed by atoms with Crippen molar-refractivity contribution in [1.82, 2.24) is 15.1 Å². The molecule has 1 saturated heterocycles. The first kappa shape index (κ1) is 27.7. The minimum absolute atomic E-state index is 0. The Kier molecular flexibility index (Phi) is 13.6. The summed E-state index contributed by atoms with van der Waals surface area (Å²) in [5.41, 5.74) is 6.09. The quantitative estimate of drug-likeness (QED) is 0.730. The van der Waals surface area contributed by atoms with Crippen LogP contribution in [0.3, 0.4) is 0 Å². The highest BCUT2D eigenvalue weighted by molar-refractivity contribution is 5.87. The number of benzene rings is 1. The number of carbonyl (C=O) groups excluding carboxylic acids is 1. The number of rotatable bonds is 6. The van der Waals surface area contributed by atoms with Gasteiger partial charge < -0.3 is 20.9 Å². The molecule has 0 aromatic heterocycles. The van der Waals surface area contributed by atoms with Crippen molar-refractivity contribution < 1.29 is 4.79 Å². The summed E-state index contributed by atoms with van der Waals surface area (Å²) in [5.74, 6) is 0.294. The van der Waals surface area contributed by atoms with Crippen LogP contribution in [-0.4, -0.2) is 62.0 Å². The lowest BCUT2D eigenvalue weighted by Crippen LogP contribution is -2.51. The van der Waals surface area contributed by atoms with Crippen molar-refractivity contribution in [3.8, 4) is 0 Å². The van der Waals surface area contributed by atoms with Crippen LogP contribution in [-0.2, 0) is 10.3 Å². The third-order valence-electron chi connectivity index (χ3n) is 4.62. The summed E-state index contributed by atoms with van der Waals surface area (Å²) >= 11 is 0. The third kappa shape index (κ3) is 7.99. The van der Waals surface area contributed by atoms with Crippen LogP contribution in [0.15, 0.2) is 30.3 Å². The van der Waals surface area contributed by atoms with Gasteiger partial charge in [0.2, 0.25) is 5.91 Å². The zero-order valence-electron chi connectivity index (χ0n) is 15.8. The molecule has 1 amide bonds. The van der Waals surface area contributed by atoms with Gasteiger partial charge in [-0.05, 0) is 25.5 Å². The first-order valence-electron chi connectivity index (χ1n) is 8.43. The van der Waals surface area contributed by atoms with E-state index < -0.39 is 5.54 Å². The molecular weight excluding hydrogens is 395 g/mol. The molecule has 2 unspecified atom stereocenters. The van der Waals surface area contributed by atoms with E-state index in [0.717, 1.165) is 38.3 Å². The van der Waals surface area contributed by atoms with E-state index in [-0.39, 0.29) is 43.1 Å². The van der Waals surface area contributed by atoms with Crippen LogP contribution in [0.2, 0.25) is 0 Å². The van der Waals surface area contributed by atoms with Crippen molar-refractivity contribution in [1.29, 1.82) is 0 Å². The summed E-state index contributed by atoms with van der Waals surface area (Å²) in [6, 6.07) is 9.53. The largest absolute Gasteiger partial charge is 0.354 e. The Balaban J connectivity index is 0. The standard InChI is InChI=1S/C18H30N4O.3ClH/c1-15(14-22-11-9-21(3)10-12-22)13-20-17(23)18(2,19)16-7-5-4-6-8-16;;;/h4-8,15H,9-14,19H2,1-3H3,(H,20,23);3*1H. The highest BCUT2D eigenvalue weighted by atomic mass is 35.5. The second kappa shape index (κ2) is 12.8. The van der Waals surface area contributed by atoms with Crippen molar-refractivity contribution in [2.24, 2.45) is 11.7 Å². The number of nitrogens with zero attached hydrogens (tertiary/aromatic N) is 2. The molecule has 2 atom stereocenters. The number of hydrogen-bond acceptors (Lipinski definition) is 4. The van der Waals surface area contributed by atoms with E-state index in [1.165, 1.54) is 0 Å². The van der Waals surface area contributed by atoms with Crippen LogP contribution in [0.5, 0.6) is 0 Å². The van der Waals surface area contributed by atoms with Gasteiger partial charge in [-0.15, -0.1) is 37.2 Å². The topological polar surface area (TPSA) is 61.6 Å². The molecule has 26 heavy (non-hydrogen) atoms. The number of hydrogen-bond donors (Lipinski definition) is 2. The van der Waals surface area contributed by atoms with Gasteiger partial charge in [-0.1, -0.05) is 37.3 Å². The summed E-state index contributed by atoms with van der Waals surface area (Å²) < 4.78 is 0. The Labute approximate surface area is 176 Å². The first-order valence-corrected chi connectivity index (χ1v) is 8.43. The molecule has 3 N–H and O–H groups in total. The molecule has 0 spiro atoms. The number of amides is 1. The molecule has 0 bridgehead atoms. The van der Waals surface area contributed by atoms with Crippen LogP contribution < -0.4 is 11.1 Å². The SMILES string of the molecule is CC(CNC(=O)C(C)(N)c1ccccc1)CN1CCN(C)CC1.Cl.Cl.Cl. The van der Waals surface area contributed by atoms with E-state index in [1.54, 1.807) is 6.92 Å². The number of nitrogens with one attached hydrogen (secondary N) is 1. The summed E-state index contributed by atoms with van der Waals surface area (Å²) in [6.45, 7) is 10.1. The molecule has 8 heteroatoms. The number of halogens is 3. The van der Waals surface area contributed by atoms with E-state index in [9.17, 15) is 4.79 Å². The Bertz CT molecular complexity index is 508. The molecule has 1 aromatic rings. The Morgan fingerprint density at radius 1 is 1.15 bits per heavy atom. The predicted molar refractivity (Wildman–Crippen MR) is 116 cm³/mol. The van der Waals surface area contributed by atoms with Crippen molar-refractivity contribution in [3.05, 3.63) is 35.9 Å². The van der Waals surface area contributed by atoms with Gasteiger partial charge in [0.1, 0.15) is 5.54 Å². The molecule has 1 aliphatic rings. The molecule has 1 fully saturated rings. The second-order valence-electron chi connectivity index (χ2n) is 6.99. The maximum Gasteiger partial charge on any atom is 0.244 e. The zero-order chi connectivity index (χ0) is 16.9. The fourth-order valence-corrected chi connectivity index (χ4v) is 2.90. The van der Waals surface area contributed by atoms with Crippen LogP contribution in [0.25, 0.3) is 0 Å². The average molecular weight is 428 g/mol.